The highest BCUT2D eigenvalue weighted by Crippen LogP contribution is 2.24. The molecule has 2 aromatic rings. The third kappa shape index (κ3) is 3.18. The van der Waals surface area contributed by atoms with E-state index in [0.717, 1.165) is 37.8 Å². The molecular formula is C18H18F2N4O2. The molecule has 0 saturated heterocycles. The van der Waals surface area contributed by atoms with Crippen LogP contribution in [-0.2, 0) is 13.0 Å². The van der Waals surface area contributed by atoms with Gasteiger partial charge in [0.05, 0.1) is 5.69 Å². The van der Waals surface area contributed by atoms with E-state index in [-0.39, 0.29) is 29.2 Å². The summed E-state index contributed by atoms with van der Waals surface area (Å²) in [6, 6.07) is 3.33. The number of imidazole rings is 1. The first-order valence-corrected chi connectivity index (χ1v) is 8.69. The van der Waals surface area contributed by atoms with Crippen LogP contribution in [0.15, 0.2) is 18.2 Å². The minimum absolute atomic E-state index is 0.135. The second-order valence-electron chi connectivity index (χ2n) is 6.67. The third-order valence-electron chi connectivity index (χ3n) is 4.63. The fourth-order valence-corrected chi connectivity index (χ4v) is 3.14. The molecule has 6 nitrogen and oxygen atoms in total. The molecule has 0 unspecified atom stereocenters. The summed E-state index contributed by atoms with van der Waals surface area (Å²) in [5, 5.41) is 5.42. The minimum atomic E-state index is -1.04. The second kappa shape index (κ2) is 6.51. The smallest absolute Gasteiger partial charge is 0.287 e. The summed E-state index contributed by atoms with van der Waals surface area (Å²) in [5.74, 6) is -2.60. The number of anilines is 1. The van der Waals surface area contributed by atoms with E-state index in [0.29, 0.717) is 18.7 Å². The molecule has 2 heterocycles. The number of nitrogens with one attached hydrogen (secondary N) is 2. The van der Waals surface area contributed by atoms with Gasteiger partial charge < -0.3 is 15.2 Å². The van der Waals surface area contributed by atoms with Crippen molar-refractivity contribution in [3.05, 3.63) is 47.0 Å². The summed E-state index contributed by atoms with van der Waals surface area (Å²) in [7, 11) is 0. The Balaban J connectivity index is 1.62. The summed E-state index contributed by atoms with van der Waals surface area (Å²) in [6.45, 7) is 0.633. The molecule has 0 radical (unpaired) electrons. The molecule has 2 N–H and O–H groups in total. The molecule has 2 aliphatic rings. The maximum absolute atomic E-state index is 13.3. The van der Waals surface area contributed by atoms with Gasteiger partial charge in [-0.1, -0.05) is 0 Å². The second-order valence-corrected chi connectivity index (χ2v) is 6.67. The molecule has 0 atom stereocenters. The molecular weight excluding hydrogens is 342 g/mol. The number of fused-ring (bicyclic) bond motifs is 1. The quantitative estimate of drug-likeness (QED) is 0.880. The van der Waals surface area contributed by atoms with Gasteiger partial charge in [0.25, 0.3) is 11.8 Å². The summed E-state index contributed by atoms with van der Waals surface area (Å²) < 4.78 is 28.2. The number of carbonyl (C=O) groups is 2. The van der Waals surface area contributed by atoms with Crippen molar-refractivity contribution < 1.29 is 18.4 Å². The molecule has 8 heteroatoms. The number of carbonyl (C=O) groups excluding carboxylic acids is 2. The predicted octanol–water partition coefficient (Wildman–Crippen LogP) is 2.64. The molecule has 136 valence electrons. The van der Waals surface area contributed by atoms with Gasteiger partial charge in [-0.3, -0.25) is 9.59 Å². The van der Waals surface area contributed by atoms with Gasteiger partial charge in [0, 0.05) is 24.3 Å². The zero-order valence-electron chi connectivity index (χ0n) is 14.0. The van der Waals surface area contributed by atoms with E-state index in [1.165, 1.54) is 6.07 Å². The first kappa shape index (κ1) is 16.7. The zero-order valence-corrected chi connectivity index (χ0v) is 14.0. The Hall–Kier alpha value is -2.77. The van der Waals surface area contributed by atoms with Crippen LogP contribution in [0.3, 0.4) is 0 Å². The maximum atomic E-state index is 13.3. The molecule has 4 rings (SSSR count). The lowest BCUT2D eigenvalue weighted by Crippen LogP contribution is -2.29. The average Bonchev–Trinajstić information content (AvgIpc) is 3.34. The minimum Gasteiger partial charge on any atom is -0.347 e. The highest BCUT2D eigenvalue weighted by atomic mass is 19.2. The highest BCUT2D eigenvalue weighted by Gasteiger charge is 2.30. The molecule has 1 aliphatic carbocycles. The number of aromatic nitrogens is 2. The summed E-state index contributed by atoms with van der Waals surface area (Å²) >= 11 is 0. The lowest BCUT2D eigenvalue weighted by atomic mass is 10.1. The van der Waals surface area contributed by atoms with Crippen molar-refractivity contribution in [1.82, 2.24) is 14.9 Å². The molecule has 1 aromatic heterocycles. The van der Waals surface area contributed by atoms with Gasteiger partial charge in [-0.2, -0.15) is 0 Å². The Morgan fingerprint density at radius 2 is 1.92 bits per heavy atom. The van der Waals surface area contributed by atoms with Crippen LogP contribution in [-0.4, -0.2) is 27.4 Å². The lowest BCUT2D eigenvalue weighted by Gasteiger charge is -2.17. The van der Waals surface area contributed by atoms with E-state index >= 15 is 0 Å². The van der Waals surface area contributed by atoms with Crippen molar-refractivity contribution in [3.63, 3.8) is 0 Å². The first-order chi connectivity index (χ1) is 12.5. The van der Waals surface area contributed by atoms with Crippen molar-refractivity contribution in [2.75, 3.05) is 5.32 Å². The topological polar surface area (TPSA) is 76.0 Å². The molecule has 0 spiro atoms. The van der Waals surface area contributed by atoms with Crippen molar-refractivity contribution in [2.24, 2.45) is 0 Å². The molecule has 26 heavy (non-hydrogen) atoms. The Morgan fingerprint density at radius 1 is 1.12 bits per heavy atom. The van der Waals surface area contributed by atoms with Crippen LogP contribution in [0.25, 0.3) is 0 Å². The molecule has 1 saturated carbocycles. The van der Waals surface area contributed by atoms with Crippen LogP contribution in [0, 0.1) is 11.6 Å². The predicted molar refractivity (Wildman–Crippen MR) is 90.0 cm³/mol. The average molecular weight is 360 g/mol. The molecule has 1 aliphatic heterocycles. The number of hydrogen-bond acceptors (Lipinski definition) is 3. The first-order valence-electron chi connectivity index (χ1n) is 8.69. The Morgan fingerprint density at radius 3 is 2.65 bits per heavy atom. The van der Waals surface area contributed by atoms with Gasteiger partial charge >= 0.3 is 0 Å². The monoisotopic (exact) mass is 360 g/mol. The SMILES string of the molecule is O=C(Nc1ccc(F)c(F)c1)c1nc(C(=O)NC2CC2)n2c1CCCC2. The van der Waals surface area contributed by atoms with E-state index < -0.39 is 17.5 Å². The van der Waals surface area contributed by atoms with E-state index in [1.54, 1.807) is 4.57 Å². The highest BCUT2D eigenvalue weighted by molar-refractivity contribution is 6.05. The molecule has 1 fully saturated rings. The fraction of sp³-hybridized carbons (Fsp3) is 0.389. The fourth-order valence-electron chi connectivity index (χ4n) is 3.14. The Bertz CT molecular complexity index is 890. The van der Waals surface area contributed by atoms with Gasteiger partial charge in [0.1, 0.15) is 0 Å². The van der Waals surface area contributed by atoms with E-state index in [2.05, 4.69) is 15.6 Å². The Labute approximate surface area is 148 Å². The van der Waals surface area contributed by atoms with Gasteiger partial charge in [0.15, 0.2) is 23.2 Å². The summed E-state index contributed by atoms with van der Waals surface area (Å²) in [6.07, 6.45) is 4.38. The zero-order chi connectivity index (χ0) is 18.3. The maximum Gasteiger partial charge on any atom is 0.287 e. The largest absolute Gasteiger partial charge is 0.347 e. The standard InChI is InChI=1S/C18H18F2N4O2/c19-12-7-6-11(9-13(12)20)22-17(25)15-14-3-1-2-8-24(14)16(23-15)18(26)21-10-4-5-10/h6-7,9-10H,1-5,8H2,(H,21,26)(H,22,25). The van der Waals surface area contributed by atoms with Crippen LogP contribution in [0.5, 0.6) is 0 Å². The number of rotatable bonds is 4. The van der Waals surface area contributed by atoms with Crippen LogP contribution < -0.4 is 10.6 Å². The molecule has 0 bridgehead atoms. The number of halogens is 2. The molecule has 1 aromatic carbocycles. The summed E-state index contributed by atoms with van der Waals surface area (Å²) in [4.78, 5) is 29.3. The van der Waals surface area contributed by atoms with Gasteiger partial charge in [-0.25, -0.2) is 13.8 Å². The lowest BCUT2D eigenvalue weighted by molar-refractivity contribution is 0.0935. The normalized spacial score (nSPS) is 16.1. The third-order valence-corrected chi connectivity index (χ3v) is 4.63. The van der Waals surface area contributed by atoms with Crippen LogP contribution >= 0.6 is 0 Å². The summed E-state index contributed by atoms with van der Waals surface area (Å²) in [5.41, 5.74) is 1.00. The number of benzene rings is 1. The van der Waals surface area contributed by atoms with Gasteiger partial charge in [0.2, 0.25) is 0 Å². The molecule has 2 amide bonds. The van der Waals surface area contributed by atoms with Crippen molar-refractivity contribution in [3.8, 4) is 0 Å². The van der Waals surface area contributed by atoms with Gasteiger partial charge in [-0.05, 0) is 44.2 Å². The van der Waals surface area contributed by atoms with Crippen LogP contribution in [0.1, 0.15) is 52.5 Å². The van der Waals surface area contributed by atoms with Crippen LogP contribution in [0.4, 0.5) is 14.5 Å². The van der Waals surface area contributed by atoms with Crippen LogP contribution in [0.2, 0.25) is 0 Å². The van der Waals surface area contributed by atoms with E-state index in [1.807, 2.05) is 0 Å². The van der Waals surface area contributed by atoms with Crippen molar-refractivity contribution in [1.29, 1.82) is 0 Å². The number of nitrogens with zero attached hydrogens (tertiary/aromatic N) is 2. The van der Waals surface area contributed by atoms with E-state index in [9.17, 15) is 18.4 Å². The number of amides is 2. The van der Waals surface area contributed by atoms with E-state index in [4.69, 9.17) is 0 Å². The van der Waals surface area contributed by atoms with Crippen molar-refractivity contribution >= 4 is 17.5 Å². The Kier molecular flexibility index (Phi) is 4.18. The number of hydrogen-bond donors (Lipinski definition) is 2. The van der Waals surface area contributed by atoms with Crippen molar-refractivity contribution in [2.45, 2.75) is 44.7 Å². The van der Waals surface area contributed by atoms with Gasteiger partial charge in [-0.15, -0.1) is 0 Å².